The maximum atomic E-state index is 12.8. The van der Waals surface area contributed by atoms with Gasteiger partial charge in [0.2, 0.25) is 5.91 Å². The number of anilines is 1. The van der Waals surface area contributed by atoms with Gasteiger partial charge in [-0.1, -0.05) is 44.9 Å². The van der Waals surface area contributed by atoms with Crippen molar-refractivity contribution in [1.29, 1.82) is 0 Å². The molecule has 1 N–H and O–H groups in total. The standard InChI is InChI=1S/C31H40N2O4/c1-5-11-26(12-6-2)33-19-18-25-22-24(16-17-28(25)33)23(4)21-30(34)32-27-13-8-9-14-29(27)37-20-10-15-31(35)36-7-3/h8-9,13-14,16-19,21-22,26H,5-7,10-12,15,20H2,1-4H3,(H,32,34)/b23-21+. The highest BCUT2D eigenvalue weighted by molar-refractivity contribution is 6.04. The van der Waals surface area contributed by atoms with Gasteiger partial charge in [-0.05, 0) is 74.6 Å². The van der Waals surface area contributed by atoms with Gasteiger partial charge in [-0.15, -0.1) is 0 Å². The summed E-state index contributed by atoms with van der Waals surface area (Å²) >= 11 is 0. The summed E-state index contributed by atoms with van der Waals surface area (Å²) in [4.78, 5) is 24.3. The van der Waals surface area contributed by atoms with Crippen molar-refractivity contribution >= 4 is 34.0 Å². The Hall–Kier alpha value is -3.54. The van der Waals surface area contributed by atoms with E-state index in [0.717, 1.165) is 11.1 Å². The first-order valence-corrected chi connectivity index (χ1v) is 13.4. The molecule has 6 nitrogen and oxygen atoms in total. The molecule has 6 heteroatoms. The summed E-state index contributed by atoms with van der Waals surface area (Å²) < 4.78 is 13.2. The van der Waals surface area contributed by atoms with Gasteiger partial charge in [0.05, 0.1) is 18.9 Å². The molecular weight excluding hydrogens is 464 g/mol. The van der Waals surface area contributed by atoms with E-state index in [1.807, 2.05) is 19.1 Å². The topological polar surface area (TPSA) is 69.6 Å². The number of carbonyl (C=O) groups is 2. The predicted octanol–water partition coefficient (Wildman–Crippen LogP) is 7.55. The quantitative estimate of drug-likeness (QED) is 0.140. The van der Waals surface area contributed by atoms with Gasteiger partial charge < -0.3 is 19.4 Å². The van der Waals surface area contributed by atoms with E-state index in [0.29, 0.717) is 43.5 Å². The second kappa shape index (κ2) is 14.3. The molecule has 37 heavy (non-hydrogen) atoms. The van der Waals surface area contributed by atoms with Crippen LogP contribution in [0.5, 0.6) is 5.75 Å². The number of allylic oxidation sites excluding steroid dienone is 1. The van der Waals surface area contributed by atoms with Crippen LogP contribution in [-0.2, 0) is 14.3 Å². The summed E-state index contributed by atoms with van der Waals surface area (Å²) in [7, 11) is 0. The number of amides is 1. The highest BCUT2D eigenvalue weighted by Gasteiger charge is 2.13. The summed E-state index contributed by atoms with van der Waals surface area (Å²) in [5, 5.41) is 4.11. The number of nitrogens with one attached hydrogen (secondary N) is 1. The average molecular weight is 505 g/mol. The Bertz CT molecular complexity index is 1200. The van der Waals surface area contributed by atoms with Crippen LogP contribution >= 0.6 is 0 Å². The molecule has 0 fully saturated rings. The fourth-order valence-corrected chi connectivity index (χ4v) is 4.59. The maximum absolute atomic E-state index is 12.8. The number of nitrogens with zero attached hydrogens (tertiary/aromatic N) is 1. The minimum absolute atomic E-state index is 0.219. The van der Waals surface area contributed by atoms with Gasteiger partial charge in [0, 0.05) is 35.6 Å². The fraction of sp³-hybridized carbons (Fsp3) is 0.419. The highest BCUT2D eigenvalue weighted by Crippen LogP contribution is 2.29. The van der Waals surface area contributed by atoms with E-state index >= 15 is 0 Å². The molecule has 0 saturated heterocycles. The number of benzene rings is 2. The van der Waals surface area contributed by atoms with Gasteiger partial charge in [0.15, 0.2) is 0 Å². The van der Waals surface area contributed by atoms with Crippen LogP contribution in [0.2, 0.25) is 0 Å². The molecule has 0 aliphatic rings. The van der Waals surface area contributed by atoms with Crippen LogP contribution in [0.25, 0.3) is 16.5 Å². The molecule has 1 heterocycles. The number of hydrogen-bond acceptors (Lipinski definition) is 4. The summed E-state index contributed by atoms with van der Waals surface area (Å²) in [6, 6.07) is 16.4. The van der Waals surface area contributed by atoms with Crippen LogP contribution in [0.4, 0.5) is 5.69 Å². The number of ether oxygens (including phenoxy) is 2. The number of hydrogen-bond donors (Lipinski definition) is 1. The molecule has 0 atom stereocenters. The normalized spacial score (nSPS) is 11.6. The Morgan fingerprint density at radius 3 is 2.51 bits per heavy atom. The van der Waals surface area contributed by atoms with E-state index in [1.165, 1.54) is 36.6 Å². The first kappa shape index (κ1) is 28.0. The first-order valence-electron chi connectivity index (χ1n) is 13.4. The Balaban J connectivity index is 1.66. The molecule has 3 rings (SSSR count). The number of fused-ring (bicyclic) bond motifs is 1. The van der Waals surface area contributed by atoms with Crippen molar-refractivity contribution in [2.24, 2.45) is 0 Å². The molecule has 3 aromatic rings. The maximum Gasteiger partial charge on any atom is 0.305 e. The van der Waals surface area contributed by atoms with E-state index in [2.05, 4.69) is 54.2 Å². The lowest BCUT2D eigenvalue weighted by Crippen LogP contribution is -2.11. The Labute approximate surface area is 220 Å². The van der Waals surface area contributed by atoms with E-state index in [4.69, 9.17) is 9.47 Å². The lowest BCUT2D eigenvalue weighted by atomic mass is 10.0. The van der Waals surface area contributed by atoms with E-state index < -0.39 is 0 Å². The van der Waals surface area contributed by atoms with Crippen LogP contribution in [0.3, 0.4) is 0 Å². The third-order valence-electron chi connectivity index (χ3n) is 6.39. The van der Waals surface area contributed by atoms with Crippen LogP contribution in [0, 0.1) is 0 Å². The van der Waals surface area contributed by atoms with Gasteiger partial charge in [-0.2, -0.15) is 0 Å². The average Bonchev–Trinajstić information content (AvgIpc) is 3.30. The van der Waals surface area contributed by atoms with Crippen molar-refractivity contribution in [1.82, 2.24) is 4.57 Å². The second-order valence-electron chi connectivity index (χ2n) is 9.30. The molecule has 0 bridgehead atoms. The number of carbonyl (C=O) groups excluding carboxylic acids is 2. The molecule has 0 aliphatic heterocycles. The zero-order valence-corrected chi connectivity index (χ0v) is 22.6. The summed E-state index contributed by atoms with van der Waals surface area (Å²) in [6.07, 6.45) is 9.34. The Morgan fingerprint density at radius 1 is 1.03 bits per heavy atom. The molecule has 2 aromatic carbocycles. The molecule has 0 spiro atoms. The zero-order valence-electron chi connectivity index (χ0n) is 22.6. The second-order valence-corrected chi connectivity index (χ2v) is 9.30. The molecule has 1 amide bonds. The zero-order chi connectivity index (χ0) is 26.6. The minimum atomic E-state index is -0.232. The van der Waals surface area contributed by atoms with Gasteiger partial charge >= 0.3 is 5.97 Å². The Kier molecular flexibility index (Phi) is 10.8. The summed E-state index contributed by atoms with van der Waals surface area (Å²) in [5.74, 6) is 0.121. The van der Waals surface area contributed by atoms with E-state index in [-0.39, 0.29) is 11.9 Å². The number of esters is 1. The summed E-state index contributed by atoms with van der Waals surface area (Å²) in [5.41, 5.74) is 3.74. The van der Waals surface area contributed by atoms with Crippen molar-refractivity contribution in [3.8, 4) is 5.75 Å². The van der Waals surface area contributed by atoms with Crippen LogP contribution < -0.4 is 10.1 Å². The molecule has 0 aliphatic carbocycles. The molecule has 1 aromatic heterocycles. The third-order valence-corrected chi connectivity index (χ3v) is 6.39. The van der Waals surface area contributed by atoms with Crippen molar-refractivity contribution in [3.63, 3.8) is 0 Å². The SMILES string of the molecule is CCCC(CCC)n1ccc2cc(/C(C)=C/C(=O)Nc3ccccc3OCCCC(=O)OCC)ccc21. The first-order chi connectivity index (χ1) is 18.0. The van der Waals surface area contributed by atoms with Crippen LogP contribution in [0.1, 0.15) is 77.8 Å². The van der Waals surface area contributed by atoms with Crippen molar-refractivity contribution in [3.05, 3.63) is 66.4 Å². The molecule has 0 radical (unpaired) electrons. The van der Waals surface area contributed by atoms with Crippen molar-refractivity contribution < 1.29 is 19.1 Å². The van der Waals surface area contributed by atoms with Crippen LogP contribution in [-0.4, -0.2) is 29.7 Å². The minimum Gasteiger partial charge on any atom is -0.491 e. The number of aromatic nitrogens is 1. The third kappa shape index (κ3) is 7.97. The molecule has 0 unspecified atom stereocenters. The Morgan fingerprint density at radius 2 is 1.78 bits per heavy atom. The molecule has 198 valence electrons. The van der Waals surface area contributed by atoms with Gasteiger partial charge in [0.1, 0.15) is 5.75 Å². The van der Waals surface area contributed by atoms with E-state index in [9.17, 15) is 9.59 Å². The number of para-hydroxylation sites is 2. The monoisotopic (exact) mass is 504 g/mol. The van der Waals surface area contributed by atoms with Gasteiger partial charge in [0.25, 0.3) is 0 Å². The lowest BCUT2D eigenvalue weighted by Gasteiger charge is -2.19. The lowest BCUT2D eigenvalue weighted by molar-refractivity contribution is -0.143. The largest absolute Gasteiger partial charge is 0.491 e. The smallest absolute Gasteiger partial charge is 0.305 e. The predicted molar refractivity (Wildman–Crippen MR) is 151 cm³/mol. The number of rotatable bonds is 14. The summed E-state index contributed by atoms with van der Waals surface area (Å²) in [6.45, 7) is 8.95. The molecular formula is C31H40N2O4. The van der Waals surface area contributed by atoms with Crippen LogP contribution in [0.15, 0.2) is 60.8 Å². The molecule has 0 saturated carbocycles. The van der Waals surface area contributed by atoms with E-state index in [1.54, 1.807) is 25.1 Å². The highest BCUT2D eigenvalue weighted by atomic mass is 16.5. The van der Waals surface area contributed by atoms with Gasteiger partial charge in [-0.25, -0.2) is 0 Å². The van der Waals surface area contributed by atoms with Gasteiger partial charge in [-0.3, -0.25) is 9.59 Å². The fourth-order valence-electron chi connectivity index (χ4n) is 4.59. The van der Waals surface area contributed by atoms with Crippen molar-refractivity contribution in [2.75, 3.05) is 18.5 Å². The van der Waals surface area contributed by atoms with Crippen molar-refractivity contribution in [2.45, 2.75) is 72.3 Å².